The van der Waals surface area contributed by atoms with Gasteiger partial charge in [-0.3, -0.25) is 4.98 Å². The van der Waals surface area contributed by atoms with E-state index in [2.05, 4.69) is 9.71 Å². The fraction of sp³-hybridized carbons (Fsp3) is 0.643. The topological polar surface area (TPSA) is 85.1 Å². The molecule has 5 nitrogen and oxygen atoms in total. The molecule has 20 heavy (non-hydrogen) atoms. The lowest BCUT2D eigenvalue weighted by atomic mass is 9.97. The number of nitrogens with one attached hydrogen (secondary N) is 1. The highest BCUT2D eigenvalue weighted by atomic mass is 32.2. The molecule has 0 atom stereocenters. The Kier molecular flexibility index (Phi) is 5.51. The Morgan fingerprint density at radius 1 is 1.20 bits per heavy atom. The molecule has 3 N–H and O–H groups in total. The summed E-state index contributed by atoms with van der Waals surface area (Å²) in [6.07, 6.45) is 9.22. The second kappa shape index (κ2) is 7.15. The summed E-state index contributed by atoms with van der Waals surface area (Å²) in [5.41, 5.74) is 5.99. The van der Waals surface area contributed by atoms with Crippen molar-refractivity contribution in [2.75, 3.05) is 0 Å². The molecule has 1 saturated carbocycles. The quantitative estimate of drug-likeness (QED) is 0.889. The Hall–Kier alpha value is -0.980. The van der Waals surface area contributed by atoms with Gasteiger partial charge in [0.2, 0.25) is 10.0 Å². The monoisotopic (exact) mass is 297 g/mol. The van der Waals surface area contributed by atoms with Crippen LogP contribution in [-0.2, 0) is 16.6 Å². The SMILES string of the molecule is NCc1ncccc1S(=O)(=O)NC1CCCCCCC1. The first-order chi connectivity index (χ1) is 9.63. The van der Waals surface area contributed by atoms with Crippen molar-refractivity contribution in [3.63, 3.8) is 0 Å². The van der Waals surface area contributed by atoms with E-state index in [9.17, 15) is 8.42 Å². The van der Waals surface area contributed by atoms with Crippen LogP contribution in [0.2, 0.25) is 0 Å². The highest BCUT2D eigenvalue weighted by Gasteiger charge is 2.23. The summed E-state index contributed by atoms with van der Waals surface area (Å²) < 4.78 is 27.8. The van der Waals surface area contributed by atoms with Crippen molar-refractivity contribution in [3.05, 3.63) is 24.0 Å². The zero-order valence-corrected chi connectivity index (χ0v) is 12.5. The second-order valence-corrected chi connectivity index (χ2v) is 7.00. The molecule has 1 aromatic rings. The Balaban J connectivity index is 2.13. The van der Waals surface area contributed by atoms with Crippen molar-refractivity contribution in [2.24, 2.45) is 5.73 Å². The van der Waals surface area contributed by atoms with Gasteiger partial charge in [-0.05, 0) is 25.0 Å². The standard InChI is InChI=1S/C14H23N3O2S/c15-11-13-14(9-6-10-16-13)20(18,19)17-12-7-4-2-1-3-5-8-12/h6,9-10,12,17H,1-5,7-8,11,15H2. The van der Waals surface area contributed by atoms with Crippen LogP contribution < -0.4 is 10.5 Å². The van der Waals surface area contributed by atoms with Gasteiger partial charge in [0.1, 0.15) is 4.90 Å². The third-order valence-corrected chi connectivity index (χ3v) is 5.35. The van der Waals surface area contributed by atoms with Crippen molar-refractivity contribution in [2.45, 2.75) is 62.4 Å². The van der Waals surface area contributed by atoms with Crippen molar-refractivity contribution < 1.29 is 8.42 Å². The van der Waals surface area contributed by atoms with Crippen LogP contribution in [0, 0.1) is 0 Å². The predicted molar refractivity (Wildman–Crippen MR) is 78.6 cm³/mol. The zero-order valence-electron chi connectivity index (χ0n) is 11.7. The van der Waals surface area contributed by atoms with Gasteiger partial charge in [-0.15, -0.1) is 0 Å². The molecule has 1 aliphatic rings. The Morgan fingerprint density at radius 3 is 2.50 bits per heavy atom. The van der Waals surface area contributed by atoms with Crippen LogP contribution in [0.15, 0.2) is 23.2 Å². The molecule has 0 radical (unpaired) electrons. The number of hydrogen-bond donors (Lipinski definition) is 2. The van der Waals surface area contributed by atoms with Crippen LogP contribution >= 0.6 is 0 Å². The molecule has 0 aromatic carbocycles. The fourth-order valence-corrected chi connectivity index (χ4v) is 4.18. The zero-order chi connectivity index (χ0) is 14.4. The molecule has 0 amide bonds. The third kappa shape index (κ3) is 4.01. The molecule has 0 bridgehead atoms. The van der Waals surface area contributed by atoms with E-state index >= 15 is 0 Å². The van der Waals surface area contributed by atoms with Crippen LogP contribution in [0.1, 0.15) is 50.6 Å². The van der Waals surface area contributed by atoms with E-state index in [0.717, 1.165) is 25.7 Å². The normalized spacial score (nSPS) is 18.4. The molecule has 1 aliphatic carbocycles. The smallest absolute Gasteiger partial charge is 0.242 e. The highest BCUT2D eigenvalue weighted by molar-refractivity contribution is 7.89. The Morgan fingerprint density at radius 2 is 1.85 bits per heavy atom. The van der Waals surface area contributed by atoms with Gasteiger partial charge in [0.15, 0.2) is 0 Å². The first-order valence-corrected chi connectivity index (χ1v) is 8.78. The van der Waals surface area contributed by atoms with Crippen molar-refractivity contribution in [1.29, 1.82) is 0 Å². The first kappa shape index (κ1) is 15.4. The second-order valence-electron chi connectivity index (χ2n) is 5.32. The molecule has 2 rings (SSSR count). The predicted octanol–water partition coefficient (Wildman–Crippen LogP) is 1.93. The fourth-order valence-electron chi connectivity index (χ4n) is 2.68. The molecule has 1 fully saturated rings. The summed E-state index contributed by atoms with van der Waals surface area (Å²) in [5, 5.41) is 0. The lowest BCUT2D eigenvalue weighted by Crippen LogP contribution is -2.36. The van der Waals surface area contributed by atoms with Gasteiger partial charge in [0.05, 0.1) is 5.69 Å². The molecule has 112 valence electrons. The highest BCUT2D eigenvalue weighted by Crippen LogP contribution is 2.20. The van der Waals surface area contributed by atoms with Crippen LogP contribution in [0.5, 0.6) is 0 Å². The Labute approximate surface area is 121 Å². The van der Waals surface area contributed by atoms with Crippen molar-refractivity contribution in [1.82, 2.24) is 9.71 Å². The van der Waals surface area contributed by atoms with Gasteiger partial charge in [-0.2, -0.15) is 0 Å². The maximum absolute atomic E-state index is 12.5. The molecule has 1 aromatic heterocycles. The van der Waals surface area contributed by atoms with Crippen LogP contribution in [0.25, 0.3) is 0 Å². The number of nitrogens with zero attached hydrogens (tertiary/aromatic N) is 1. The summed E-state index contributed by atoms with van der Waals surface area (Å²) in [5.74, 6) is 0. The minimum Gasteiger partial charge on any atom is -0.325 e. The van der Waals surface area contributed by atoms with Crippen molar-refractivity contribution in [3.8, 4) is 0 Å². The van der Waals surface area contributed by atoms with E-state index in [0.29, 0.717) is 5.69 Å². The van der Waals surface area contributed by atoms with E-state index in [-0.39, 0.29) is 17.5 Å². The van der Waals surface area contributed by atoms with E-state index in [4.69, 9.17) is 5.73 Å². The van der Waals surface area contributed by atoms with Gasteiger partial charge >= 0.3 is 0 Å². The number of nitrogens with two attached hydrogens (primary N) is 1. The Bertz CT molecular complexity index is 523. The number of aromatic nitrogens is 1. The van der Waals surface area contributed by atoms with Gasteiger partial charge in [0.25, 0.3) is 0 Å². The lowest BCUT2D eigenvalue weighted by Gasteiger charge is -2.21. The van der Waals surface area contributed by atoms with Gasteiger partial charge in [-0.25, -0.2) is 13.1 Å². The average Bonchev–Trinajstić information content (AvgIpc) is 2.41. The average molecular weight is 297 g/mol. The molecule has 0 spiro atoms. The summed E-state index contributed by atoms with van der Waals surface area (Å²) in [6.45, 7) is 0.127. The van der Waals surface area contributed by atoms with Crippen LogP contribution in [-0.4, -0.2) is 19.4 Å². The summed E-state index contributed by atoms with van der Waals surface area (Å²) >= 11 is 0. The van der Waals surface area contributed by atoms with Gasteiger partial charge in [0, 0.05) is 18.8 Å². The number of hydrogen-bond acceptors (Lipinski definition) is 4. The summed E-state index contributed by atoms with van der Waals surface area (Å²) in [6, 6.07) is 3.23. The van der Waals surface area contributed by atoms with Crippen LogP contribution in [0.4, 0.5) is 0 Å². The maximum atomic E-state index is 12.5. The number of sulfonamides is 1. The molecule has 0 saturated heterocycles. The largest absolute Gasteiger partial charge is 0.325 e. The molecular formula is C14H23N3O2S. The molecule has 0 unspecified atom stereocenters. The summed E-state index contributed by atoms with van der Waals surface area (Å²) in [4.78, 5) is 4.26. The first-order valence-electron chi connectivity index (χ1n) is 7.30. The summed E-state index contributed by atoms with van der Waals surface area (Å²) in [7, 11) is -3.52. The van der Waals surface area contributed by atoms with E-state index in [1.165, 1.54) is 19.3 Å². The minimum absolute atomic E-state index is 0.0335. The molecule has 0 aliphatic heterocycles. The molecule has 6 heteroatoms. The molecular weight excluding hydrogens is 274 g/mol. The third-order valence-electron chi connectivity index (χ3n) is 3.76. The van der Waals surface area contributed by atoms with Gasteiger partial charge < -0.3 is 5.73 Å². The maximum Gasteiger partial charge on any atom is 0.242 e. The number of rotatable bonds is 4. The van der Waals surface area contributed by atoms with Crippen LogP contribution in [0.3, 0.4) is 0 Å². The number of pyridine rings is 1. The van der Waals surface area contributed by atoms with Gasteiger partial charge in [-0.1, -0.05) is 32.1 Å². The van der Waals surface area contributed by atoms with E-state index in [1.54, 1.807) is 18.3 Å². The lowest BCUT2D eigenvalue weighted by molar-refractivity contribution is 0.426. The van der Waals surface area contributed by atoms with E-state index in [1.807, 2.05) is 0 Å². The van der Waals surface area contributed by atoms with E-state index < -0.39 is 10.0 Å². The van der Waals surface area contributed by atoms with Crippen molar-refractivity contribution >= 4 is 10.0 Å². The minimum atomic E-state index is -3.52. The molecule has 1 heterocycles.